The fraction of sp³-hybridized carbons (Fsp3) is 0.240. The van der Waals surface area contributed by atoms with E-state index < -0.39 is 11.8 Å². The van der Waals surface area contributed by atoms with Gasteiger partial charge in [0.25, 0.3) is 0 Å². The SMILES string of the molecule is O=C1N(c2ccc(Cl)cc2)[C@H]([C@H]2CCCO2)C(O)(c2cccc(Cl)c2)N1c1ccc(Cl)cc1. The molecule has 8 heteroatoms. The number of rotatable bonds is 4. The number of nitrogens with zero attached hydrogens (tertiary/aromatic N) is 2. The van der Waals surface area contributed by atoms with Gasteiger partial charge in [0.1, 0.15) is 6.04 Å². The number of carbonyl (C=O) groups is 1. The summed E-state index contributed by atoms with van der Waals surface area (Å²) in [5.41, 5.74) is -0.145. The molecule has 2 amide bonds. The highest BCUT2D eigenvalue weighted by Crippen LogP contribution is 2.48. The van der Waals surface area contributed by atoms with Crippen LogP contribution in [0, 0.1) is 0 Å². The number of amides is 2. The number of benzene rings is 3. The Morgan fingerprint density at radius 2 is 1.52 bits per heavy atom. The Bertz CT molecular complexity index is 1170. The maximum absolute atomic E-state index is 14.1. The van der Waals surface area contributed by atoms with Gasteiger partial charge in [-0.15, -0.1) is 0 Å². The lowest BCUT2D eigenvalue weighted by Crippen LogP contribution is -2.54. The van der Waals surface area contributed by atoms with Crippen LogP contribution in [0.5, 0.6) is 0 Å². The molecule has 5 rings (SSSR count). The van der Waals surface area contributed by atoms with E-state index in [1.807, 2.05) is 0 Å². The molecule has 0 aromatic heterocycles. The van der Waals surface area contributed by atoms with Crippen molar-refractivity contribution in [3.8, 4) is 0 Å². The average molecular weight is 504 g/mol. The van der Waals surface area contributed by atoms with E-state index in [2.05, 4.69) is 0 Å². The molecule has 170 valence electrons. The minimum absolute atomic E-state index is 0.383. The van der Waals surface area contributed by atoms with E-state index in [0.29, 0.717) is 45.0 Å². The molecule has 2 saturated heterocycles. The van der Waals surface area contributed by atoms with Gasteiger partial charge < -0.3 is 9.84 Å². The summed E-state index contributed by atoms with van der Waals surface area (Å²) >= 11 is 18.5. The summed E-state index contributed by atoms with van der Waals surface area (Å²) < 4.78 is 6.05. The van der Waals surface area contributed by atoms with Crippen molar-refractivity contribution >= 4 is 52.2 Å². The largest absolute Gasteiger partial charge is 0.376 e. The number of aliphatic hydroxyl groups is 1. The zero-order valence-electron chi connectivity index (χ0n) is 17.5. The van der Waals surface area contributed by atoms with Gasteiger partial charge >= 0.3 is 6.03 Å². The summed E-state index contributed by atoms with van der Waals surface area (Å²) in [6.45, 7) is 0.566. The van der Waals surface area contributed by atoms with Crippen LogP contribution in [0.25, 0.3) is 0 Å². The Morgan fingerprint density at radius 1 is 0.879 bits per heavy atom. The number of urea groups is 1. The normalized spacial score (nSPS) is 25.2. The molecule has 5 nitrogen and oxygen atoms in total. The molecule has 2 aliphatic heterocycles. The smallest absolute Gasteiger partial charge is 0.332 e. The highest BCUT2D eigenvalue weighted by molar-refractivity contribution is 6.31. The van der Waals surface area contributed by atoms with E-state index >= 15 is 0 Å². The maximum atomic E-state index is 14.1. The number of hydrogen-bond donors (Lipinski definition) is 1. The van der Waals surface area contributed by atoms with Crippen molar-refractivity contribution in [1.82, 2.24) is 0 Å². The van der Waals surface area contributed by atoms with Crippen molar-refractivity contribution in [3.63, 3.8) is 0 Å². The molecule has 2 aliphatic rings. The van der Waals surface area contributed by atoms with Gasteiger partial charge in [0.15, 0.2) is 5.72 Å². The van der Waals surface area contributed by atoms with Crippen LogP contribution in [0.3, 0.4) is 0 Å². The molecule has 0 bridgehead atoms. The molecule has 2 heterocycles. The Morgan fingerprint density at radius 3 is 2.09 bits per heavy atom. The van der Waals surface area contributed by atoms with E-state index in [9.17, 15) is 9.90 Å². The molecular weight excluding hydrogens is 483 g/mol. The van der Waals surface area contributed by atoms with Crippen LogP contribution in [0.1, 0.15) is 18.4 Å². The van der Waals surface area contributed by atoms with Gasteiger partial charge in [-0.3, -0.25) is 9.80 Å². The lowest BCUT2D eigenvalue weighted by molar-refractivity contribution is -0.0260. The number of hydrogen-bond acceptors (Lipinski definition) is 3. The molecule has 1 unspecified atom stereocenters. The third-order valence-electron chi connectivity index (χ3n) is 6.19. The monoisotopic (exact) mass is 502 g/mol. The van der Waals surface area contributed by atoms with Crippen LogP contribution in [0.2, 0.25) is 15.1 Å². The lowest BCUT2D eigenvalue weighted by atomic mass is 9.88. The molecule has 0 spiro atoms. The molecule has 2 fully saturated rings. The highest BCUT2D eigenvalue weighted by Gasteiger charge is 2.62. The van der Waals surface area contributed by atoms with Crippen molar-refractivity contribution in [3.05, 3.63) is 93.4 Å². The Labute approximate surface area is 207 Å². The van der Waals surface area contributed by atoms with Gasteiger partial charge in [0, 0.05) is 38.6 Å². The van der Waals surface area contributed by atoms with Gasteiger partial charge in [0.05, 0.1) is 6.10 Å². The van der Waals surface area contributed by atoms with Crippen molar-refractivity contribution in [2.24, 2.45) is 0 Å². The second kappa shape index (κ2) is 8.82. The minimum Gasteiger partial charge on any atom is -0.376 e. The van der Waals surface area contributed by atoms with Crippen LogP contribution in [0.15, 0.2) is 72.8 Å². The predicted octanol–water partition coefficient (Wildman–Crippen LogP) is 6.49. The maximum Gasteiger partial charge on any atom is 0.332 e. The Kier molecular flexibility index (Phi) is 6.02. The molecule has 33 heavy (non-hydrogen) atoms. The van der Waals surface area contributed by atoms with Gasteiger partial charge in [-0.05, 0) is 73.5 Å². The minimum atomic E-state index is -1.76. The third kappa shape index (κ3) is 3.88. The third-order valence-corrected chi connectivity index (χ3v) is 6.92. The van der Waals surface area contributed by atoms with Gasteiger partial charge in [-0.25, -0.2) is 4.79 Å². The second-order valence-electron chi connectivity index (χ2n) is 8.17. The van der Waals surface area contributed by atoms with E-state index in [1.54, 1.807) is 77.7 Å². The topological polar surface area (TPSA) is 53.0 Å². The first-order valence-electron chi connectivity index (χ1n) is 10.6. The van der Waals surface area contributed by atoms with E-state index in [-0.39, 0.29) is 12.1 Å². The number of anilines is 2. The number of carbonyl (C=O) groups excluding carboxylic acids is 1. The molecule has 3 atom stereocenters. The first-order valence-corrected chi connectivity index (χ1v) is 11.8. The molecule has 3 aromatic carbocycles. The highest BCUT2D eigenvalue weighted by atomic mass is 35.5. The summed E-state index contributed by atoms with van der Waals surface area (Å²) in [6.07, 6.45) is 1.17. The zero-order chi connectivity index (χ0) is 23.2. The van der Waals surface area contributed by atoms with Gasteiger partial charge in [0.2, 0.25) is 0 Å². The van der Waals surface area contributed by atoms with Crippen LogP contribution >= 0.6 is 34.8 Å². The van der Waals surface area contributed by atoms with E-state index in [1.165, 1.54) is 4.90 Å². The fourth-order valence-electron chi connectivity index (χ4n) is 4.75. The van der Waals surface area contributed by atoms with E-state index in [0.717, 1.165) is 6.42 Å². The molecule has 0 radical (unpaired) electrons. The Hall–Kier alpha value is -2.28. The lowest BCUT2D eigenvalue weighted by Gasteiger charge is -2.39. The van der Waals surface area contributed by atoms with Gasteiger partial charge in [-0.1, -0.05) is 46.9 Å². The van der Waals surface area contributed by atoms with Crippen LogP contribution in [-0.4, -0.2) is 29.9 Å². The summed E-state index contributed by atoms with van der Waals surface area (Å²) in [6, 6.07) is 19.6. The second-order valence-corrected chi connectivity index (χ2v) is 9.48. The van der Waals surface area contributed by atoms with Crippen molar-refractivity contribution < 1.29 is 14.6 Å². The summed E-state index contributed by atoms with van der Waals surface area (Å²) in [4.78, 5) is 17.1. The summed E-state index contributed by atoms with van der Waals surface area (Å²) in [7, 11) is 0. The predicted molar refractivity (Wildman–Crippen MR) is 131 cm³/mol. The van der Waals surface area contributed by atoms with E-state index in [4.69, 9.17) is 39.5 Å². The molecule has 3 aromatic rings. The standard InChI is InChI=1S/C25H21Cl3N2O3/c26-17-6-10-20(11-7-17)29-23(22-5-2-14-33-22)25(32,16-3-1-4-19(28)15-16)30(24(29)31)21-12-8-18(27)9-13-21/h1,3-4,6-13,15,22-23,32H,2,5,14H2/t22-,23-,25?/m1/s1. The quantitative estimate of drug-likeness (QED) is 0.443. The molecule has 1 N–H and O–H groups in total. The van der Waals surface area contributed by atoms with Crippen molar-refractivity contribution in [1.29, 1.82) is 0 Å². The Balaban J connectivity index is 1.75. The van der Waals surface area contributed by atoms with Crippen LogP contribution in [-0.2, 0) is 10.5 Å². The number of ether oxygens (including phenoxy) is 1. The number of halogens is 3. The summed E-state index contributed by atoms with van der Waals surface area (Å²) in [5, 5.41) is 14.1. The average Bonchev–Trinajstić information content (AvgIpc) is 3.40. The molecule has 0 aliphatic carbocycles. The zero-order valence-corrected chi connectivity index (χ0v) is 19.8. The van der Waals surface area contributed by atoms with Gasteiger partial charge in [-0.2, -0.15) is 0 Å². The van der Waals surface area contributed by atoms with Crippen molar-refractivity contribution in [2.45, 2.75) is 30.7 Å². The fourth-order valence-corrected chi connectivity index (χ4v) is 5.19. The van der Waals surface area contributed by atoms with Crippen LogP contribution < -0.4 is 9.80 Å². The van der Waals surface area contributed by atoms with Crippen molar-refractivity contribution in [2.75, 3.05) is 16.4 Å². The first-order chi connectivity index (χ1) is 15.9. The molecular formula is C25H21Cl3N2O3. The summed E-state index contributed by atoms with van der Waals surface area (Å²) in [5.74, 6) is 0. The first kappa shape index (κ1) is 22.5. The van der Waals surface area contributed by atoms with Crippen LogP contribution in [0.4, 0.5) is 16.2 Å². The molecule has 0 saturated carbocycles.